The molecule has 1 saturated heterocycles. The van der Waals surface area contributed by atoms with Gasteiger partial charge in [-0.3, -0.25) is 4.90 Å². The van der Waals surface area contributed by atoms with Gasteiger partial charge in [0.1, 0.15) is 5.75 Å². The van der Waals surface area contributed by atoms with E-state index in [2.05, 4.69) is 17.0 Å². The summed E-state index contributed by atoms with van der Waals surface area (Å²) in [5.41, 5.74) is 1.15. The minimum Gasteiger partial charge on any atom is -0.490 e. The molecule has 3 rings (SSSR count). The zero-order valence-electron chi connectivity index (χ0n) is 15.7. The van der Waals surface area contributed by atoms with Crippen molar-refractivity contribution < 1.29 is 18.3 Å². The number of hydrogen-bond donors (Lipinski definition) is 1. The van der Waals surface area contributed by atoms with Crippen molar-refractivity contribution in [1.82, 2.24) is 9.21 Å². The summed E-state index contributed by atoms with van der Waals surface area (Å²) in [5.74, 6) is 0.663. The van der Waals surface area contributed by atoms with Crippen LogP contribution < -0.4 is 4.74 Å². The molecule has 1 aliphatic carbocycles. The second kappa shape index (κ2) is 8.25. The van der Waals surface area contributed by atoms with Crippen LogP contribution in [0.5, 0.6) is 5.75 Å². The second-order valence-corrected chi connectivity index (χ2v) is 9.98. The third-order valence-corrected chi connectivity index (χ3v) is 7.36. The highest BCUT2D eigenvalue weighted by molar-refractivity contribution is 7.89. The molecule has 0 spiro atoms. The zero-order chi connectivity index (χ0) is 18.7. The first kappa shape index (κ1) is 19.6. The average molecular weight is 383 g/mol. The van der Waals surface area contributed by atoms with E-state index >= 15 is 0 Å². The van der Waals surface area contributed by atoms with Crippen molar-refractivity contribution in [3.63, 3.8) is 0 Å². The topological polar surface area (TPSA) is 70.1 Å². The van der Waals surface area contributed by atoms with Crippen molar-refractivity contribution in [2.45, 2.75) is 44.4 Å². The predicted octanol–water partition coefficient (Wildman–Crippen LogP) is 1.69. The molecule has 1 heterocycles. The normalized spacial score (nSPS) is 25.2. The number of benzene rings is 1. The van der Waals surface area contributed by atoms with E-state index in [4.69, 9.17) is 4.74 Å². The van der Waals surface area contributed by atoms with Crippen molar-refractivity contribution in [2.24, 2.45) is 5.92 Å². The van der Waals surface area contributed by atoms with Crippen molar-refractivity contribution in [3.05, 3.63) is 29.8 Å². The van der Waals surface area contributed by atoms with Gasteiger partial charge in [-0.15, -0.1) is 0 Å². The molecule has 2 atom stereocenters. The maximum absolute atomic E-state index is 12.1. The quantitative estimate of drug-likeness (QED) is 0.777. The highest BCUT2D eigenvalue weighted by Crippen LogP contribution is 2.25. The Balaban J connectivity index is 1.52. The number of nitrogens with zero attached hydrogens (tertiary/aromatic N) is 2. The summed E-state index contributed by atoms with van der Waals surface area (Å²) >= 11 is 0. The summed E-state index contributed by atoms with van der Waals surface area (Å²) in [6.45, 7) is 1.81. The van der Waals surface area contributed by atoms with E-state index in [1.807, 2.05) is 12.1 Å². The molecule has 0 bridgehead atoms. The van der Waals surface area contributed by atoms with Gasteiger partial charge in [0, 0.05) is 39.6 Å². The molecule has 2 fully saturated rings. The molecule has 0 unspecified atom stereocenters. The lowest BCUT2D eigenvalue weighted by Crippen LogP contribution is -2.33. The van der Waals surface area contributed by atoms with Crippen LogP contribution in [0.2, 0.25) is 0 Å². The molecule has 146 valence electrons. The van der Waals surface area contributed by atoms with Crippen LogP contribution in [-0.4, -0.2) is 67.9 Å². The molecule has 2 aliphatic rings. The first-order chi connectivity index (χ1) is 12.3. The van der Waals surface area contributed by atoms with Crippen molar-refractivity contribution in [1.29, 1.82) is 0 Å². The summed E-state index contributed by atoms with van der Waals surface area (Å²) in [6.07, 6.45) is 4.55. The molecule has 1 N–H and O–H groups in total. The number of aliphatic hydroxyl groups excluding tert-OH is 1. The largest absolute Gasteiger partial charge is 0.490 e. The van der Waals surface area contributed by atoms with Crippen LogP contribution in [0.1, 0.15) is 31.2 Å². The van der Waals surface area contributed by atoms with E-state index in [0.717, 1.165) is 24.2 Å². The summed E-state index contributed by atoms with van der Waals surface area (Å²) in [4.78, 5) is 2.12. The third kappa shape index (κ3) is 4.97. The first-order valence-corrected chi connectivity index (χ1v) is 11.0. The van der Waals surface area contributed by atoms with Crippen LogP contribution >= 0.6 is 0 Å². The van der Waals surface area contributed by atoms with Gasteiger partial charge in [0.15, 0.2) is 0 Å². The number of aliphatic hydroxyl groups is 1. The standard InChI is InChI=1S/C19H30N2O4S/c1-20(2)26(23,24)14-16-12-21(13-19(16)22)11-15-7-9-18(10-8-15)25-17-5-3-4-6-17/h7-10,16-17,19,22H,3-6,11-14H2,1-2H3/t16-,19-/m0/s1. The molecule has 6 nitrogen and oxygen atoms in total. The molecule has 1 aliphatic heterocycles. The van der Waals surface area contributed by atoms with Gasteiger partial charge in [-0.1, -0.05) is 12.1 Å². The molecule has 0 aromatic heterocycles. The monoisotopic (exact) mass is 382 g/mol. The summed E-state index contributed by atoms with van der Waals surface area (Å²) < 4.78 is 31.3. The van der Waals surface area contributed by atoms with Gasteiger partial charge in [-0.2, -0.15) is 0 Å². The molecule has 1 aromatic carbocycles. The van der Waals surface area contributed by atoms with Crippen molar-refractivity contribution in [2.75, 3.05) is 32.9 Å². The van der Waals surface area contributed by atoms with E-state index in [0.29, 0.717) is 25.7 Å². The lowest BCUT2D eigenvalue weighted by molar-refractivity contribution is 0.148. The molecule has 1 saturated carbocycles. The molecule has 7 heteroatoms. The second-order valence-electron chi connectivity index (χ2n) is 7.75. The van der Waals surface area contributed by atoms with E-state index in [9.17, 15) is 13.5 Å². The fraction of sp³-hybridized carbons (Fsp3) is 0.684. The smallest absolute Gasteiger partial charge is 0.214 e. The van der Waals surface area contributed by atoms with E-state index in [-0.39, 0.29) is 11.7 Å². The van der Waals surface area contributed by atoms with Crippen LogP contribution in [0.15, 0.2) is 24.3 Å². The molecule has 0 amide bonds. The Morgan fingerprint density at radius 3 is 2.42 bits per heavy atom. The minimum absolute atomic E-state index is 0.00810. The number of sulfonamides is 1. The Hall–Kier alpha value is -1.15. The number of ether oxygens (including phenoxy) is 1. The molecule has 0 radical (unpaired) electrons. The first-order valence-electron chi connectivity index (χ1n) is 9.40. The van der Waals surface area contributed by atoms with Crippen LogP contribution in [0.3, 0.4) is 0 Å². The van der Waals surface area contributed by atoms with Crippen LogP contribution in [0, 0.1) is 5.92 Å². The summed E-state index contributed by atoms with van der Waals surface area (Å²) in [7, 11) is -0.235. The minimum atomic E-state index is -3.30. The van der Waals surface area contributed by atoms with Crippen LogP contribution in [0.4, 0.5) is 0 Å². The Morgan fingerprint density at radius 2 is 1.81 bits per heavy atom. The predicted molar refractivity (Wildman–Crippen MR) is 102 cm³/mol. The molecular weight excluding hydrogens is 352 g/mol. The van der Waals surface area contributed by atoms with Crippen molar-refractivity contribution >= 4 is 10.0 Å². The lowest BCUT2D eigenvalue weighted by atomic mass is 10.1. The van der Waals surface area contributed by atoms with E-state index in [1.165, 1.54) is 31.2 Å². The SMILES string of the molecule is CN(C)S(=O)(=O)C[C@@H]1CN(Cc2ccc(OC3CCCC3)cc2)C[C@@H]1O. The van der Waals surface area contributed by atoms with Gasteiger partial charge < -0.3 is 9.84 Å². The van der Waals surface area contributed by atoms with Gasteiger partial charge in [-0.05, 0) is 43.4 Å². The zero-order valence-corrected chi connectivity index (χ0v) is 16.5. The van der Waals surface area contributed by atoms with E-state index in [1.54, 1.807) is 0 Å². The molecule has 1 aromatic rings. The van der Waals surface area contributed by atoms with Crippen LogP contribution in [-0.2, 0) is 16.6 Å². The molecule has 26 heavy (non-hydrogen) atoms. The highest BCUT2D eigenvalue weighted by atomic mass is 32.2. The summed E-state index contributed by atoms with van der Waals surface area (Å²) in [6, 6.07) is 8.13. The number of hydrogen-bond acceptors (Lipinski definition) is 5. The molecular formula is C19H30N2O4S. The van der Waals surface area contributed by atoms with Crippen molar-refractivity contribution in [3.8, 4) is 5.75 Å². The Kier molecular flexibility index (Phi) is 6.22. The Bertz CT molecular complexity index is 684. The maximum atomic E-state index is 12.1. The fourth-order valence-electron chi connectivity index (χ4n) is 3.78. The average Bonchev–Trinajstić information content (AvgIpc) is 3.19. The van der Waals surface area contributed by atoms with Crippen LogP contribution in [0.25, 0.3) is 0 Å². The summed E-state index contributed by atoms with van der Waals surface area (Å²) in [5, 5.41) is 10.2. The maximum Gasteiger partial charge on any atom is 0.214 e. The highest BCUT2D eigenvalue weighted by Gasteiger charge is 2.35. The number of likely N-dealkylation sites (tertiary alicyclic amines) is 1. The van der Waals surface area contributed by atoms with Gasteiger partial charge in [0.2, 0.25) is 10.0 Å². The number of β-amino-alcohol motifs (C(OH)–C–C–N with tert-alkyl or cyclic N) is 1. The lowest BCUT2D eigenvalue weighted by Gasteiger charge is -2.18. The van der Waals surface area contributed by atoms with Gasteiger partial charge in [0.25, 0.3) is 0 Å². The van der Waals surface area contributed by atoms with Gasteiger partial charge in [-0.25, -0.2) is 12.7 Å². The number of rotatable bonds is 7. The Morgan fingerprint density at radius 1 is 1.15 bits per heavy atom. The fourth-order valence-corrected chi connectivity index (χ4v) is 4.95. The van der Waals surface area contributed by atoms with Gasteiger partial charge in [0.05, 0.1) is 18.0 Å². The van der Waals surface area contributed by atoms with Gasteiger partial charge >= 0.3 is 0 Å². The van der Waals surface area contributed by atoms with E-state index < -0.39 is 16.1 Å². The Labute approximate surface area is 156 Å². The third-order valence-electron chi connectivity index (χ3n) is 5.40.